The van der Waals surface area contributed by atoms with Gasteiger partial charge in [-0.05, 0) is 38.0 Å². The summed E-state index contributed by atoms with van der Waals surface area (Å²) >= 11 is 0. The number of carbonyl (C=O) groups excluding carboxylic acids is 1. The molecule has 2 saturated carbocycles. The highest BCUT2D eigenvalue weighted by atomic mass is 16.1. The third kappa shape index (κ3) is 5.52. The minimum Gasteiger partial charge on any atom is -0.353 e. The van der Waals surface area contributed by atoms with Crippen molar-refractivity contribution in [3.63, 3.8) is 0 Å². The average Bonchev–Trinajstić information content (AvgIpc) is 2.32. The standard InChI is InChI=1S/C16H30N2O/c17-14-8-6-7-13(11-14)12-16(19)18-15-9-4-2-1-3-5-10-15/h13-15H,1-12,17H2,(H,18,19). The molecule has 2 aliphatic carbocycles. The van der Waals surface area contributed by atoms with E-state index in [9.17, 15) is 4.79 Å². The second-order valence-electron chi connectivity index (χ2n) is 6.61. The molecular formula is C16H30N2O. The van der Waals surface area contributed by atoms with E-state index in [4.69, 9.17) is 5.73 Å². The molecule has 2 atom stereocenters. The van der Waals surface area contributed by atoms with Crippen molar-refractivity contribution < 1.29 is 4.79 Å². The fraction of sp³-hybridized carbons (Fsp3) is 0.938. The van der Waals surface area contributed by atoms with Crippen LogP contribution >= 0.6 is 0 Å². The molecule has 0 aromatic heterocycles. The molecule has 1 amide bonds. The highest BCUT2D eigenvalue weighted by Crippen LogP contribution is 2.26. The van der Waals surface area contributed by atoms with Crippen molar-refractivity contribution in [2.24, 2.45) is 11.7 Å². The molecule has 19 heavy (non-hydrogen) atoms. The molecule has 110 valence electrons. The van der Waals surface area contributed by atoms with Gasteiger partial charge in [0, 0.05) is 18.5 Å². The van der Waals surface area contributed by atoms with E-state index >= 15 is 0 Å². The Kier molecular flexibility index (Phi) is 6.15. The maximum atomic E-state index is 12.1. The van der Waals surface area contributed by atoms with E-state index < -0.39 is 0 Å². The molecule has 2 rings (SSSR count). The van der Waals surface area contributed by atoms with Crippen molar-refractivity contribution in [1.82, 2.24) is 5.32 Å². The summed E-state index contributed by atoms with van der Waals surface area (Å²) in [6.45, 7) is 0. The molecule has 0 aromatic rings. The molecule has 2 unspecified atom stereocenters. The second-order valence-corrected chi connectivity index (χ2v) is 6.61. The van der Waals surface area contributed by atoms with Gasteiger partial charge in [-0.25, -0.2) is 0 Å². The Morgan fingerprint density at radius 2 is 1.63 bits per heavy atom. The lowest BCUT2D eigenvalue weighted by Crippen LogP contribution is -2.37. The minimum atomic E-state index is 0.268. The molecule has 0 aliphatic heterocycles. The van der Waals surface area contributed by atoms with Gasteiger partial charge < -0.3 is 11.1 Å². The van der Waals surface area contributed by atoms with Gasteiger partial charge in [0.25, 0.3) is 0 Å². The van der Waals surface area contributed by atoms with Crippen LogP contribution in [0.15, 0.2) is 0 Å². The summed E-state index contributed by atoms with van der Waals surface area (Å²) in [7, 11) is 0. The molecule has 3 N–H and O–H groups in total. The van der Waals surface area contributed by atoms with Gasteiger partial charge in [-0.15, -0.1) is 0 Å². The molecule has 3 nitrogen and oxygen atoms in total. The first-order chi connectivity index (χ1) is 9.24. The molecule has 0 radical (unpaired) electrons. The maximum absolute atomic E-state index is 12.1. The predicted octanol–water partition coefficient (Wildman–Crippen LogP) is 3.12. The lowest BCUT2D eigenvalue weighted by Gasteiger charge is -2.27. The summed E-state index contributed by atoms with van der Waals surface area (Å²) in [5.74, 6) is 0.793. The van der Waals surface area contributed by atoms with Crippen LogP contribution in [0.3, 0.4) is 0 Å². The highest BCUT2D eigenvalue weighted by Gasteiger charge is 2.22. The van der Waals surface area contributed by atoms with Crippen molar-refractivity contribution in [3.8, 4) is 0 Å². The van der Waals surface area contributed by atoms with Crippen LogP contribution in [0.5, 0.6) is 0 Å². The quantitative estimate of drug-likeness (QED) is 0.824. The van der Waals surface area contributed by atoms with Crippen molar-refractivity contribution in [2.75, 3.05) is 0 Å². The summed E-state index contributed by atoms with van der Waals surface area (Å²) in [6.07, 6.45) is 14.2. The number of hydrogen-bond donors (Lipinski definition) is 2. The largest absolute Gasteiger partial charge is 0.353 e. The summed E-state index contributed by atoms with van der Waals surface area (Å²) in [6, 6.07) is 0.762. The van der Waals surface area contributed by atoms with Gasteiger partial charge in [-0.1, -0.05) is 38.5 Å². The predicted molar refractivity (Wildman–Crippen MR) is 78.8 cm³/mol. The first-order valence-corrected chi connectivity index (χ1v) is 8.29. The number of nitrogens with one attached hydrogen (secondary N) is 1. The fourth-order valence-corrected chi connectivity index (χ4v) is 3.67. The summed E-state index contributed by atoms with van der Waals surface area (Å²) in [5, 5.41) is 3.27. The van der Waals surface area contributed by atoms with Crippen LogP contribution in [-0.2, 0) is 4.79 Å². The zero-order chi connectivity index (χ0) is 13.5. The van der Waals surface area contributed by atoms with E-state index in [0.29, 0.717) is 24.4 Å². The SMILES string of the molecule is NC1CCCC(CC(=O)NC2CCCCCCC2)C1. The van der Waals surface area contributed by atoms with Crippen LogP contribution in [0.25, 0.3) is 0 Å². The van der Waals surface area contributed by atoms with Crippen LogP contribution in [0, 0.1) is 5.92 Å². The number of amides is 1. The van der Waals surface area contributed by atoms with Crippen molar-refractivity contribution in [3.05, 3.63) is 0 Å². The van der Waals surface area contributed by atoms with E-state index in [1.165, 1.54) is 57.8 Å². The van der Waals surface area contributed by atoms with Gasteiger partial charge in [-0.3, -0.25) is 4.79 Å². The molecule has 2 aliphatic rings. The highest BCUT2D eigenvalue weighted by molar-refractivity contribution is 5.76. The van der Waals surface area contributed by atoms with Crippen LogP contribution in [0.4, 0.5) is 0 Å². The van der Waals surface area contributed by atoms with E-state index in [-0.39, 0.29) is 5.91 Å². The summed E-state index contributed by atoms with van der Waals surface area (Å²) in [4.78, 5) is 12.1. The topological polar surface area (TPSA) is 55.1 Å². The minimum absolute atomic E-state index is 0.268. The Morgan fingerprint density at radius 1 is 0.947 bits per heavy atom. The Balaban J connectivity index is 1.70. The smallest absolute Gasteiger partial charge is 0.220 e. The molecule has 0 saturated heterocycles. The fourth-order valence-electron chi connectivity index (χ4n) is 3.67. The summed E-state index contributed by atoms with van der Waals surface area (Å²) < 4.78 is 0. The first-order valence-electron chi connectivity index (χ1n) is 8.29. The Morgan fingerprint density at radius 3 is 2.32 bits per heavy atom. The second kappa shape index (κ2) is 7.88. The van der Waals surface area contributed by atoms with Crippen LogP contribution in [0.1, 0.15) is 77.0 Å². The number of hydrogen-bond acceptors (Lipinski definition) is 2. The monoisotopic (exact) mass is 266 g/mol. The zero-order valence-corrected chi connectivity index (χ0v) is 12.2. The van der Waals surface area contributed by atoms with Crippen molar-refractivity contribution in [1.29, 1.82) is 0 Å². The van der Waals surface area contributed by atoms with E-state index in [0.717, 1.165) is 12.8 Å². The number of rotatable bonds is 3. The maximum Gasteiger partial charge on any atom is 0.220 e. The van der Waals surface area contributed by atoms with Gasteiger partial charge in [0.2, 0.25) is 5.91 Å². The van der Waals surface area contributed by atoms with Crippen molar-refractivity contribution in [2.45, 2.75) is 89.1 Å². The van der Waals surface area contributed by atoms with Crippen LogP contribution in [-0.4, -0.2) is 18.0 Å². The zero-order valence-electron chi connectivity index (χ0n) is 12.2. The first kappa shape index (κ1) is 14.8. The van der Waals surface area contributed by atoms with Gasteiger partial charge in [0.15, 0.2) is 0 Å². The number of nitrogens with two attached hydrogens (primary N) is 1. The van der Waals surface area contributed by atoms with Crippen LogP contribution in [0.2, 0.25) is 0 Å². The molecular weight excluding hydrogens is 236 g/mol. The van der Waals surface area contributed by atoms with Gasteiger partial charge in [0.05, 0.1) is 0 Å². The van der Waals surface area contributed by atoms with E-state index in [2.05, 4.69) is 5.32 Å². The molecule has 3 heteroatoms. The number of carbonyl (C=O) groups is 1. The molecule has 2 fully saturated rings. The van der Waals surface area contributed by atoms with E-state index in [1.54, 1.807) is 0 Å². The molecule has 0 bridgehead atoms. The van der Waals surface area contributed by atoms with Crippen LogP contribution < -0.4 is 11.1 Å². The van der Waals surface area contributed by atoms with E-state index in [1.807, 2.05) is 0 Å². The normalized spacial score (nSPS) is 30.4. The van der Waals surface area contributed by atoms with Gasteiger partial charge in [0.1, 0.15) is 0 Å². The Hall–Kier alpha value is -0.570. The van der Waals surface area contributed by atoms with Gasteiger partial charge >= 0.3 is 0 Å². The lowest BCUT2D eigenvalue weighted by atomic mass is 9.84. The molecule has 0 aromatic carbocycles. The molecule has 0 spiro atoms. The van der Waals surface area contributed by atoms with Crippen molar-refractivity contribution >= 4 is 5.91 Å². The van der Waals surface area contributed by atoms with Gasteiger partial charge in [-0.2, -0.15) is 0 Å². The third-order valence-electron chi connectivity index (χ3n) is 4.77. The Bertz CT molecular complexity index is 272. The third-order valence-corrected chi connectivity index (χ3v) is 4.77. The average molecular weight is 266 g/mol. The summed E-state index contributed by atoms with van der Waals surface area (Å²) in [5.41, 5.74) is 5.99. The Labute approximate surface area is 117 Å². The lowest BCUT2D eigenvalue weighted by molar-refractivity contribution is -0.123. The molecule has 0 heterocycles.